The lowest BCUT2D eigenvalue weighted by molar-refractivity contribution is -0.157. The number of pyridine rings is 1. The summed E-state index contributed by atoms with van der Waals surface area (Å²) in [5, 5.41) is 9.61. The highest BCUT2D eigenvalue weighted by Crippen LogP contribution is 2.42. The number of ether oxygens (including phenoxy) is 1. The number of hydrogen-bond acceptors (Lipinski definition) is 4. The second-order valence-corrected chi connectivity index (χ2v) is 5.84. The van der Waals surface area contributed by atoms with Gasteiger partial charge in [0.2, 0.25) is 0 Å². The Balaban J connectivity index is 1.87. The average molecular weight is 290 g/mol. The summed E-state index contributed by atoms with van der Waals surface area (Å²) in [7, 11) is 0. The Morgan fingerprint density at radius 1 is 1.52 bits per heavy atom. The third kappa shape index (κ3) is 2.19. The van der Waals surface area contributed by atoms with Crippen molar-refractivity contribution in [3.05, 3.63) is 29.6 Å². The minimum absolute atomic E-state index is 0.142. The number of likely N-dealkylation sites (tertiary alicyclic amines) is 1. The summed E-state index contributed by atoms with van der Waals surface area (Å²) in [6, 6.07) is 3.61. The topological polar surface area (TPSA) is 79.7 Å². The largest absolute Gasteiger partial charge is 0.481 e. The normalized spacial score (nSPS) is 28.2. The fourth-order valence-electron chi connectivity index (χ4n) is 3.31. The van der Waals surface area contributed by atoms with E-state index < -0.39 is 11.4 Å². The summed E-state index contributed by atoms with van der Waals surface area (Å²) in [5.41, 5.74) is 0.340. The summed E-state index contributed by atoms with van der Waals surface area (Å²) in [4.78, 5) is 30.1. The number of aliphatic carboxylic acids is 1. The van der Waals surface area contributed by atoms with Crippen molar-refractivity contribution in [2.75, 3.05) is 26.3 Å². The molecule has 3 rings (SSSR count). The Morgan fingerprint density at radius 2 is 2.33 bits per heavy atom. The smallest absolute Gasteiger partial charge is 0.311 e. The van der Waals surface area contributed by atoms with Crippen molar-refractivity contribution in [2.24, 2.45) is 11.3 Å². The minimum atomic E-state index is -0.864. The SMILES string of the molecule is Cc1cccnc1C(=O)N1C[C@H]2COCC[C@@]2(C(=O)O)C1. The summed E-state index contributed by atoms with van der Waals surface area (Å²) >= 11 is 0. The molecule has 0 radical (unpaired) electrons. The van der Waals surface area contributed by atoms with Gasteiger partial charge in [0.15, 0.2) is 0 Å². The van der Waals surface area contributed by atoms with Crippen molar-refractivity contribution in [3.8, 4) is 0 Å². The van der Waals surface area contributed by atoms with Crippen molar-refractivity contribution in [3.63, 3.8) is 0 Å². The van der Waals surface area contributed by atoms with Crippen LogP contribution in [0.25, 0.3) is 0 Å². The number of carbonyl (C=O) groups excluding carboxylic acids is 1. The zero-order chi connectivity index (χ0) is 15.0. The third-order valence-electron chi connectivity index (χ3n) is 4.63. The lowest BCUT2D eigenvalue weighted by Crippen LogP contribution is -2.45. The Bertz CT molecular complexity index is 589. The molecule has 6 heteroatoms. The zero-order valence-electron chi connectivity index (χ0n) is 11.9. The quantitative estimate of drug-likeness (QED) is 0.877. The van der Waals surface area contributed by atoms with Crippen LogP contribution in [0.5, 0.6) is 0 Å². The van der Waals surface area contributed by atoms with Gasteiger partial charge in [-0.2, -0.15) is 0 Å². The number of amides is 1. The molecule has 112 valence electrons. The van der Waals surface area contributed by atoms with Crippen LogP contribution < -0.4 is 0 Å². The lowest BCUT2D eigenvalue weighted by Gasteiger charge is -2.33. The molecule has 2 saturated heterocycles. The first-order chi connectivity index (χ1) is 10.0. The van der Waals surface area contributed by atoms with Crippen molar-refractivity contribution < 1.29 is 19.4 Å². The van der Waals surface area contributed by atoms with Crippen LogP contribution in [0.2, 0.25) is 0 Å². The number of rotatable bonds is 2. The first-order valence-corrected chi connectivity index (χ1v) is 7.06. The number of fused-ring (bicyclic) bond motifs is 1. The predicted molar refractivity (Wildman–Crippen MR) is 73.9 cm³/mol. The minimum Gasteiger partial charge on any atom is -0.481 e. The van der Waals surface area contributed by atoms with Crippen LogP contribution in [0.3, 0.4) is 0 Å². The van der Waals surface area contributed by atoms with E-state index in [4.69, 9.17) is 4.74 Å². The van der Waals surface area contributed by atoms with E-state index in [1.807, 2.05) is 13.0 Å². The van der Waals surface area contributed by atoms with Crippen molar-refractivity contribution >= 4 is 11.9 Å². The summed E-state index contributed by atoms with van der Waals surface area (Å²) in [6.45, 7) is 3.33. The first-order valence-electron chi connectivity index (χ1n) is 7.06. The number of hydrogen-bond donors (Lipinski definition) is 1. The van der Waals surface area contributed by atoms with Crippen molar-refractivity contribution in [1.82, 2.24) is 9.88 Å². The van der Waals surface area contributed by atoms with Gasteiger partial charge < -0.3 is 14.7 Å². The third-order valence-corrected chi connectivity index (χ3v) is 4.63. The number of carboxylic acid groups (broad SMARTS) is 1. The van der Waals surface area contributed by atoms with Gasteiger partial charge in [0.25, 0.3) is 5.91 Å². The van der Waals surface area contributed by atoms with Gasteiger partial charge in [0.05, 0.1) is 12.0 Å². The van der Waals surface area contributed by atoms with E-state index in [2.05, 4.69) is 4.98 Å². The Kier molecular flexibility index (Phi) is 3.41. The molecular formula is C15H18N2O4. The van der Waals surface area contributed by atoms with E-state index in [1.165, 1.54) is 0 Å². The molecule has 2 aliphatic rings. The molecule has 1 aromatic heterocycles. The molecule has 1 N–H and O–H groups in total. The van der Waals surface area contributed by atoms with Gasteiger partial charge in [-0.1, -0.05) is 6.07 Å². The number of carboxylic acids is 1. The number of aromatic nitrogens is 1. The average Bonchev–Trinajstić information content (AvgIpc) is 2.88. The van der Waals surface area contributed by atoms with Crippen LogP contribution in [-0.2, 0) is 9.53 Å². The number of carbonyl (C=O) groups is 2. The van der Waals surface area contributed by atoms with Crippen LogP contribution >= 0.6 is 0 Å². The maximum absolute atomic E-state index is 12.6. The molecule has 2 aliphatic heterocycles. The molecule has 0 aromatic carbocycles. The standard InChI is InChI=1S/C15H18N2O4/c1-10-3-2-5-16-12(10)13(18)17-7-11-8-21-6-4-15(11,9-17)14(19)20/h2-3,5,11H,4,6-9H2,1H3,(H,19,20)/t11-,15+/m0/s1. The van der Waals surface area contributed by atoms with E-state index in [-0.39, 0.29) is 18.4 Å². The number of aryl methyl sites for hydroxylation is 1. The molecule has 0 unspecified atom stereocenters. The molecule has 21 heavy (non-hydrogen) atoms. The maximum Gasteiger partial charge on any atom is 0.311 e. The molecule has 1 aromatic rings. The molecule has 0 aliphatic carbocycles. The van der Waals surface area contributed by atoms with Crippen LogP contribution in [0.4, 0.5) is 0 Å². The van der Waals surface area contributed by atoms with Crippen molar-refractivity contribution in [1.29, 1.82) is 0 Å². The van der Waals surface area contributed by atoms with E-state index in [1.54, 1.807) is 17.2 Å². The Morgan fingerprint density at radius 3 is 3.00 bits per heavy atom. The molecular weight excluding hydrogens is 272 g/mol. The summed E-state index contributed by atoms with van der Waals surface area (Å²) in [5.74, 6) is -1.16. The molecule has 2 fully saturated rings. The summed E-state index contributed by atoms with van der Waals surface area (Å²) in [6.07, 6.45) is 2.04. The molecule has 1 amide bonds. The van der Waals surface area contributed by atoms with Gasteiger partial charge in [0, 0.05) is 31.8 Å². The monoisotopic (exact) mass is 290 g/mol. The number of nitrogens with zero attached hydrogens (tertiary/aromatic N) is 2. The van der Waals surface area contributed by atoms with E-state index >= 15 is 0 Å². The van der Waals surface area contributed by atoms with E-state index in [9.17, 15) is 14.7 Å². The summed E-state index contributed by atoms with van der Waals surface area (Å²) < 4.78 is 5.40. The van der Waals surface area contributed by atoms with Gasteiger partial charge in [0.1, 0.15) is 5.69 Å². The molecule has 6 nitrogen and oxygen atoms in total. The predicted octanol–water partition coefficient (Wildman–Crippen LogP) is 0.953. The molecule has 0 bridgehead atoms. The van der Waals surface area contributed by atoms with Gasteiger partial charge in [-0.05, 0) is 25.0 Å². The van der Waals surface area contributed by atoms with E-state index in [0.717, 1.165) is 5.56 Å². The molecule has 2 atom stereocenters. The second-order valence-electron chi connectivity index (χ2n) is 5.84. The molecule has 3 heterocycles. The maximum atomic E-state index is 12.6. The lowest BCUT2D eigenvalue weighted by atomic mass is 9.74. The van der Waals surface area contributed by atoms with Crippen LogP contribution in [-0.4, -0.2) is 53.2 Å². The Hall–Kier alpha value is -1.95. The molecule has 0 saturated carbocycles. The van der Waals surface area contributed by atoms with Crippen LogP contribution in [0.1, 0.15) is 22.5 Å². The highest BCUT2D eigenvalue weighted by Gasteiger charge is 2.55. The second kappa shape index (κ2) is 5.11. The van der Waals surface area contributed by atoms with Gasteiger partial charge in [-0.3, -0.25) is 14.6 Å². The fourth-order valence-corrected chi connectivity index (χ4v) is 3.31. The van der Waals surface area contributed by atoms with E-state index in [0.29, 0.717) is 31.9 Å². The van der Waals surface area contributed by atoms with Crippen LogP contribution in [0.15, 0.2) is 18.3 Å². The van der Waals surface area contributed by atoms with Gasteiger partial charge in [-0.25, -0.2) is 0 Å². The highest BCUT2D eigenvalue weighted by atomic mass is 16.5. The fraction of sp³-hybridized carbons (Fsp3) is 0.533. The molecule has 0 spiro atoms. The van der Waals surface area contributed by atoms with Gasteiger partial charge in [-0.15, -0.1) is 0 Å². The van der Waals surface area contributed by atoms with Crippen molar-refractivity contribution in [2.45, 2.75) is 13.3 Å². The van der Waals surface area contributed by atoms with Crippen LogP contribution in [0, 0.1) is 18.3 Å². The Labute approximate surface area is 122 Å². The van der Waals surface area contributed by atoms with Gasteiger partial charge >= 0.3 is 5.97 Å². The highest BCUT2D eigenvalue weighted by molar-refractivity contribution is 5.94. The first kappa shape index (κ1) is 14.0. The zero-order valence-corrected chi connectivity index (χ0v) is 11.9.